The van der Waals surface area contributed by atoms with Crippen LogP contribution in [0.5, 0.6) is 0 Å². The summed E-state index contributed by atoms with van der Waals surface area (Å²) < 4.78 is 0. The molecule has 1 rings (SSSR count). The summed E-state index contributed by atoms with van der Waals surface area (Å²) in [6.45, 7) is 3.87. The highest BCUT2D eigenvalue weighted by atomic mass is 16.2. The van der Waals surface area contributed by atoms with Crippen LogP contribution in [0.2, 0.25) is 0 Å². The summed E-state index contributed by atoms with van der Waals surface area (Å²) in [5, 5.41) is 2.31. The number of likely N-dealkylation sites (N-methyl/N-ethyl adjacent to an activating group) is 1. The zero-order valence-electron chi connectivity index (χ0n) is 8.55. The summed E-state index contributed by atoms with van der Waals surface area (Å²) in [6, 6.07) is 5.23. The summed E-state index contributed by atoms with van der Waals surface area (Å²) in [4.78, 5) is 22.5. The molecular formula is C11H13NO2. The maximum absolute atomic E-state index is 11.4. The largest absolute Gasteiger partial charge is 0.352 e. The number of benzene rings is 1. The van der Waals surface area contributed by atoms with Gasteiger partial charge in [-0.2, -0.15) is 0 Å². The topological polar surface area (TPSA) is 46.2 Å². The van der Waals surface area contributed by atoms with Crippen LogP contribution < -0.4 is 5.32 Å². The molecule has 0 aliphatic carbocycles. The second-order valence-corrected chi connectivity index (χ2v) is 3.21. The zero-order chi connectivity index (χ0) is 10.7. The molecule has 1 N–H and O–H groups in total. The quantitative estimate of drug-likeness (QED) is 0.564. The molecule has 1 aromatic carbocycles. The SMILES string of the molecule is CNC(=O)C(=O)c1ccc(C)c(C)c1. The molecule has 0 spiro atoms. The van der Waals surface area contributed by atoms with Gasteiger partial charge in [0.15, 0.2) is 0 Å². The van der Waals surface area contributed by atoms with Crippen LogP contribution in [-0.4, -0.2) is 18.7 Å². The fraction of sp³-hybridized carbons (Fsp3) is 0.273. The second kappa shape index (κ2) is 4.05. The summed E-state index contributed by atoms with van der Waals surface area (Å²) in [5.74, 6) is -1.07. The second-order valence-electron chi connectivity index (χ2n) is 3.21. The van der Waals surface area contributed by atoms with Crippen LogP contribution in [0.1, 0.15) is 21.5 Å². The molecule has 0 radical (unpaired) electrons. The molecule has 0 saturated heterocycles. The van der Waals surface area contributed by atoms with Crippen LogP contribution in [-0.2, 0) is 4.79 Å². The Balaban J connectivity index is 3.03. The number of nitrogens with one attached hydrogen (secondary N) is 1. The summed E-state index contributed by atoms with van der Waals surface area (Å²) in [6.07, 6.45) is 0. The van der Waals surface area contributed by atoms with Crippen LogP contribution in [0.15, 0.2) is 18.2 Å². The van der Waals surface area contributed by atoms with Crippen LogP contribution in [0.4, 0.5) is 0 Å². The Hall–Kier alpha value is -1.64. The smallest absolute Gasteiger partial charge is 0.292 e. The lowest BCUT2D eigenvalue weighted by atomic mass is 10.0. The van der Waals surface area contributed by atoms with E-state index in [4.69, 9.17) is 0 Å². The number of amides is 1. The lowest BCUT2D eigenvalue weighted by molar-refractivity contribution is -0.116. The van der Waals surface area contributed by atoms with E-state index >= 15 is 0 Å². The third kappa shape index (κ3) is 1.99. The van der Waals surface area contributed by atoms with Crippen LogP contribution in [0.3, 0.4) is 0 Å². The number of carbonyl (C=O) groups is 2. The van der Waals surface area contributed by atoms with Gasteiger partial charge < -0.3 is 5.32 Å². The van der Waals surface area contributed by atoms with Gasteiger partial charge in [0.25, 0.3) is 5.91 Å². The van der Waals surface area contributed by atoms with Crippen molar-refractivity contribution >= 4 is 11.7 Å². The molecule has 3 heteroatoms. The summed E-state index contributed by atoms with van der Waals surface area (Å²) in [5.41, 5.74) is 2.56. The molecule has 0 unspecified atom stereocenters. The standard InChI is InChI=1S/C11H13NO2/c1-7-4-5-9(6-8(7)2)10(13)11(14)12-3/h4-6H,1-3H3,(H,12,14). The lowest BCUT2D eigenvalue weighted by Crippen LogP contribution is -2.27. The first-order valence-corrected chi connectivity index (χ1v) is 4.40. The van der Waals surface area contributed by atoms with Gasteiger partial charge >= 0.3 is 0 Å². The van der Waals surface area contributed by atoms with Crippen molar-refractivity contribution in [2.75, 3.05) is 7.05 Å². The predicted molar refractivity (Wildman–Crippen MR) is 54.3 cm³/mol. The van der Waals surface area contributed by atoms with Crippen molar-refractivity contribution in [2.24, 2.45) is 0 Å². The van der Waals surface area contributed by atoms with E-state index in [1.807, 2.05) is 19.9 Å². The number of carbonyl (C=O) groups excluding carboxylic acids is 2. The fourth-order valence-electron chi connectivity index (χ4n) is 1.13. The van der Waals surface area contributed by atoms with Crippen molar-refractivity contribution in [3.8, 4) is 0 Å². The van der Waals surface area contributed by atoms with Crippen molar-refractivity contribution in [2.45, 2.75) is 13.8 Å². The summed E-state index contributed by atoms with van der Waals surface area (Å²) in [7, 11) is 1.45. The number of Topliss-reactive ketones (excluding diaryl/α,β-unsaturated/α-hetero) is 1. The van der Waals surface area contributed by atoms with E-state index in [0.29, 0.717) is 5.56 Å². The Morgan fingerprint density at radius 2 is 1.79 bits per heavy atom. The van der Waals surface area contributed by atoms with Gasteiger partial charge in [-0.25, -0.2) is 0 Å². The molecular weight excluding hydrogens is 178 g/mol. The summed E-state index contributed by atoms with van der Waals surface area (Å²) >= 11 is 0. The zero-order valence-corrected chi connectivity index (χ0v) is 8.55. The maximum Gasteiger partial charge on any atom is 0.292 e. The van der Waals surface area contributed by atoms with Gasteiger partial charge in [0.2, 0.25) is 5.78 Å². The molecule has 1 amide bonds. The first-order chi connectivity index (χ1) is 6.56. The van der Waals surface area contributed by atoms with Gasteiger partial charge in [0, 0.05) is 12.6 Å². The van der Waals surface area contributed by atoms with E-state index in [1.54, 1.807) is 12.1 Å². The molecule has 0 saturated carbocycles. The average molecular weight is 191 g/mol. The highest BCUT2D eigenvalue weighted by Crippen LogP contribution is 2.10. The minimum atomic E-state index is -0.576. The Bertz CT molecular complexity index is 383. The third-order valence-corrected chi connectivity index (χ3v) is 2.20. The van der Waals surface area contributed by atoms with Crippen LogP contribution in [0, 0.1) is 13.8 Å². The molecule has 0 aliphatic rings. The van der Waals surface area contributed by atoms with E-state index in [-0.39, 0.29) is 0 Å². The van der Waals surface area contributed by atoms with E-state index in [0.717, 1.165) is 11.1 Å². The number of aryl methyl sites for hydroxylation is 2. The molecule has 1 aromatic rings. The van der Waals surface area contributed by atoms with Crippen LogP contribution in [0.25, 0.3) is 0 Å². The van der Waals surface area contributed by atoms with Gasteiger partial charge in [0.05, 0.1) is 0 Å². The van der Waals surface area contributed by atoms with Crippen molar-refractivity contribution in [3.63, 3.8) is 0 Å². The minimum Gasteiger partial charge on any atom is -0.352 e. The number of ketones is 1. The Kier molecular flexibility index (Phi) is 3.02. The highest BCUT2D eigenvalue weighted by molar-refractivity contribution is 6.42. The average Bonchev–Trinajstić information content (AvgIpc) is 2.20. The Morgan fingerprint density at radius 3 is 2.29 bits per heavy atom. The lowest BCUT2D eigenvalue weighted by Gasteiger charge is -2.03. The van der Waals surface area contributed by atoms with E-state index < -0.39 is 11.7 Å². The predicted octanol–water partition coefficient (Wildman–Crippen LogP) is 1.23. The van der Waals surface area contributed by atoms with Crippen molar-refractivity contribution in [1.29, 1.82) is 0 Å². The first-order valence-electron chi connectivity index (χ1n) is 4.40. The molecule has 0 atom stereocenters. The van der Waals surface area contributed by atoms with Gasteiger partial charge in [-0.15, -0.1) is 0 Å². The monoisotopic (exact) mass is 191 g/mol. The molecule has 3 nitrogen and oxygen atoms in total. The molecule has 0 bridgehead atoms. The van der Waals surface area contributed by atoms with Crippen LogP contribution >= 0.6 is 0 Å². The minimum absolute atomic E-state index is 0.437. The van der Waals surface area contributed by atoms with E-state index in [1.165, 1.54) is 7.05 Å². The number of hydrogen-bond acceptors (Lipinski definition) is 2. The molecule has 0 aliphatic heterocycles. The van der Waals surface area contributed by atoms with Crippen molar-refractivity contribution in [1.82, 2.24) is 5.32 Å². The Morgan fingerprint density at radius 1 is 1.14 bits per heavy atom. The number of rotatable bonds is 2. The highest BCUT2D eigenvalue weighted by Gasteiger charge is 2.14. The van der Waals surface area contributed by atoms with E-state index in [2.05, 4.69) is 5.32 Å². The van der Waals surface area contributed by atoms with Crippen molar-refractivity contribution in [3.05, 3.63) is 34.9 Å². The van der Waals surface area contributed by atoms with E-state index in [9.17, 15) is 9.59 Å². The first kappa shape index (κ1) is 10.4. The van der Waals surface area contributed by atoms with Crippen molar-refractivity contribution < 1.29 is 9.59 Å². The molecule has 0 fully saturated rings. The Labute approximate surface area is 83.1 Å². The normalized spacial score (nSPS) is 9.64. The number of hydrogen-bond donors (Lipinski definition) is 1. The van der Waals surface area contributed by atoms with Gasteiger partial charge in [-0.05, 0) is 31.0 Å². The van der Waals surface area contributed by atoms with Gasteiger partial charge in [-0.3, -0.25) is 9.59 Å². The molecule has 0 heterocycles. The fourth-order valence-corrected chi connectivity index (χ4v) is 1.13. The molecule has 14 heavy (non-hydrogen) atoms. The molecule has 0 aromatic heterocycles. The van der Waals surface area contributed by atoms with Gasteiger partial charge in [-0.1, -0.05) is 12.1 Å². The molecule has 74 valence electrons. The third-order valence-electron chi connectivity index (χ3n) is 2.20. The maximum atomic E-state index is 11.4. The van der Waals surface area contributed by atoms with Gasteiger partial charge in [0.1, 0.15) is 0 Å².